The fourth-order valence-corrected chi connectivity index (χ4v) is 7.19. The van der Waals surface area contributed by atoms with Crippen LogP contribution < -0.4 is 5.01 Å². The average molecular weight is 632 g/mol. The highest BCUT2D eigenvalue weighted by Gasteiger charge is 2.57. The van der Waals surface area contributed by atoms with Gasteiger partial charge >= 0.3 is 6.18 Å². The van der Waals surface area contributed by atoms with E-state index in [2.05, 4.69) is 4.98 Å². The van der Waals surface area contributed by atoms with Crippen LogP contribution in [-0.2, 0) is 25.4 Å². The van der Waals surface area contributed by atoms with E-state index in [1.54, 1.807) is 12.1 Å². The zero-order chi connectivity index (χ0) is 31.1. The van der Waals surface area contributed by atoms with Crippen LogP contribution in [-0.4, -0.2) is 45.5 Å². The van der Waals surface area contributed by atoms with Crippen molar-refractivity contribution in [2.75, 3.05) is 12.1 Å². The van der Waals surface area contributed by atoms with Crippen molar-refractivity contribution in [3.8, 4) is 5.75 Å². The summed E-state index contributed by atoms with van der Waals surface area (Å²) < 4.78 is 40.2. The summed E-state index contributed by atoms with van der Waals surface area (Å²) in [5.41, 5.74) is 0.512. The second kappa shape index (κ2) is 10.1. The molecule has 0 saturated carbocycles. The third kappa shape index (κ3) is 4.48. The number of imide groups is 1. The number of aromatic nitrogens is 1. The van der Waals surface area contributed by atoms with E-state index in [1.807, 2.05) is 0 Å². The van der Waals surface area contributed by atoms with E-state index in [0.29, 0.717) is 17.2 Å². The highest BCUT2D eigenvalue weighted by molar-refractivity contribution is 6.33. The number of halogens is 5. The van der Waals surface area contributed by atoms with Crippen molar-refractivity contribution in [3.05, 3.63) is 86.1 Å². The van der Waals surface area contributed by atoms with Gasteiger partial charge in [-0.3, -0.25) is 24.2 Å². The minimum atomic E-state index is -4.79. The fraction of sp³-hybridized carbons (Fsp3) is 0.300. The van der Waals surface area contributed by atoms with E-state index in [1.165, 1.54) is 32.2 Å². The second-order valence-electron chi connectivity index (χ2n) is 10.9. The van der Waals surface area contributed by atoms with Crippen molar-refractivity contribution in [1.82, 2.24) is 9.99 Å². The van der Waals surface area contributed by atoms with Gasteiger partial charge < -0.3 is 5.11 Å². The zero-order valence-electron chi connectivity index (χ0n) is 22.6. The summed E-state index contributed by atoms with van der Waals surface area (Å²) in [4.78, 5) is 58.0. The van der Waals surface area contributed by atoms with Gasteiger partial charge in [0.25, 0.3) is 11.8 Å². The van der Waals surface area contributed by atoms with E-state index in [-0.39, 0.29) is 56.9 Å². The van der Waals surface area contributed by atoms with Gasteiger partial charge in [-0.1, -0.05) is 40.9 Å². The van der Waals surface area contributed by atoms with Gasteiger partial charge in [-0.15, -0.1) is 0 Å². The van der Waals surface area contributed by atoms with Gasteiger partial charge in [-0.25, -0.2) is 4.98 Å². The number of phenolic OH excluding ortho intramolecular Hbond substituents is 1. The number of carbonyl (C=O) groups excluding carboxylic acids is 4. The Morgan fingerprint density at radius 3 is 2.42 bits per heavy atom. The highest BCUT2D eigenvalue weighted by atomic mass is 35.5. The maximum Gasteiger partial charge on any atom is 0.433 e. The minimum Gasteiger partial charge on any atom is -0.508 e. The van der Waals surface area contributed by atoms with Crippen LogP contribution in [0, 0.1) is 17.8 Å². The van der Waals surface area contributed by atoms with Crippen molar-refractivity contribution < 1.29 is 37.5 Å². The molecule has 2 heterocycles. The van der Waals surface area contributed by atoms with Crippen LogP contribution in [0.15, 0.2) is 64.8 Å². The number of carbonyl (C=O) groups is 4. The molecule has 2 amide bonds. The van der Waals surface area contributed by atoms with Gasteiger partial charge in [0.15, 0.2) is 17.4 Å². The van der Waals surface area contributed by atoms with Crippen LogP contribution in [0.2, 0.25) is 10.0 Å². The number of amides is 2. The third-order valence-corrected chi connectivity index (χ3v) is 9.18. The lowest BCUT2D eigenvalue weighted by molar-refractivity contribution is -0.141. The van der Waals surface area contributed by atoms with Crippen molar-refractivity contribution in [2.24, 2.45) is 17.8 Å². The predicted molar refractivity (Wildman–Crippen MR) is 149 cm³/mol. The molecule has 0 spiro atoms. The standard InChI is InChI=1S/C30H22Cl2F3N3O5/c1-12-9-21(40)25-18(26(12)41)11-17-14(23(25)15-4-3-13(39)10-20(15)32)5-6-16-24(17)29(43)38(28(16)42)37(2)27-19(31)7-8-22(36-27)30(33,34)35/h3-5,7-10,16-17,23-24,39H,6,11H2,1-2H3/t16-,17+,23+,24-/m0/s1. The lowest BCUT2D eigenvalue weighted by atomic mass is 9.59. The number of fused-ring (bicyclic) bond motifs is 3. The summed E-state index contributed by atoms with van der Waals surface area (Å²) in [6.45, 7) is 1.52. The van der Waals surface area contributed by atoms with E-state index < -0.39 is 53.2 Å². The topological polar surface area (TPSA) is 108 Å². The van der Waals surface area contributed by atoms with Crippen LogP contribution in [0.1, 0.15) is 36.9 Å². The van der Waals surface area contributed by atoms with Gasteiger partial charge in [-0.2, -0.15) is 18.2 Å². The molecule has 2 aromatic rings. The number of hydrogen-bond acceptors (Lipinski definition) is 7. The molecule has 3 aliphatic carbocycles. The molecule has 1 fully saturated rings. The number of pyridine rings is 1. The molecule has 1 aliphatic heterocycles. The first-order valence-corrected chi connectivity index (χ1v) is 14.0. The molecular weight excluding hydrogens is 610 g/mol. The summed E-state index contributed by atoms with van der Waals surface area (Å²) in [5.74, 6) is -5.99. The number of ketones is 2. The van der Waals surface area contributed by atoms with Gasteiger partial charge in [0.2, 0.25) is 0 Å². The lowest BCUT2D eigenvalue weighted by Gasteiger charge is -2.42. The van der Waals surface area contributed by atoms with E-state index >= 15 is 0 Å². The fourth-order valence-electron chi connectivity index (χ4n) is 6.68. The van der Waals surface area contributed by atoms with Gasteiger partial charge in [0.1, 0.15) is 11.4 Å². The van der Waals surface area contributed by atoms with Crippen LogP contribution in [0.4, 0.5) is 19.0 Å². The Labute approximate surface area is 253 Å². The predicted octanol–water partition coefficient (Wildman–Crippen LogP) is 5.59. The number of anilines is 1. The van der Waals surface area contributed by atoms with E-state index in [9.17, 15) is 37.5 Å². The number of benzene rings is 1. The molecule has 4 aliphatic rings. The smallest absolute Gasteiger partial charge is 0.433 e. The number of rotatable bonds is 3. The molecule has 1 N–H and O–H groups in total. The number of hydrogen-bond donors (Lipinski definition) is 1. The quantitative estimate of drug-likeness (QED) is 0.267. The molecule has 43 heavy (non-hydrogen) atoms. The molecule has 0 unspecified atom stereocenters. The monoisotopic (exact) mass is 631 g/mol. The normalized spacial score (nSPS) is 25.3. The third-order valence-electron chi connectivity index (χ3n) is 8.56. The van der Waals surface area contributed by atoms with E-state index in [4.69, 9.17) is 23.2 Å². The SMILES string of the molecule is CC1=CC(=O)C2=C(C[C@@H]3C(=CC[C@@H]4C(=O)N(N(C)c5nc(C(F)(F)F)ccc5Cl)C(=O)[C@@H]43)[C@@H]2c2ccc(O)cc2Cl)C1=O. The van der Waals surface area contributed by atoms with Gasteiger partial charge in [0.05, 0.1) is 16.9 Å². The summed E-state index contributed by atoms with van der Waals surface area (Å²) in [6.07, 6.45) is -1.65. The molecule has 1 aromatic carbocycles. The molecular formula is C30H22Cl2F3N3O5. The van der Waals surface area contributed by atoms with Gasteiger partial charge in [-0.05, 0) is 61.6 Å². The van der Waals surface area contributed by atoms with Crippen molar-refractivity contribution >= 4 is 52.4 Å². The average Bonchev–Trinajstić information content (AvgIpc) is 3.19. The Kier molecular flexibility index (Phi) is 6.81. The Hall–Kier alpha value is -3.96. The number of alkyl halides is 3. The summed E-state index contributed by atoms with van der Waals surface area (Å²) in [6, 6.07) is 5.96. The number of nitrogens with zero attached hydrogens (tertiary/aromatic N) is 3. The van der Waals surface area contributed by atoms with E-state index in [0.717, 1.165) is 16.1 Å². The molecule has 222 valence electrons. The molecule has 8 nitrogen and oxygen atoms in total. The van der Waals surface area contributed by atoms with Crippen molar-refractivity contribution in [2.45, 2.75) is 31.9 Å². The first-order valence-electron chi connectivity index (χ1n) is 13.2. The number of allylic oxidation sites excluding steroid dienone is 6. The highest BCUT2D eigenvalue weighted by Crippen LogP contribution is 2.56. The number of phenols is 1. The van der Waals surface area contributed by atoms with Crippen molar-refractivity contribution in [1.29, 1.82) is 0 Å². The molecule has 4 atom stereocenters. The Balaban J connectivity index is 1.44. The number of aromatic hydroxyl groups is 1. The van der Waals surface area contributed by atoms with Crippen LogP contribution in [0.25, 0.3) is 0 Å². The Morgan fingerprint density at radius 2 is 1.74 bits per heavy atom. The molecule has 0 bridgehead atoms. The second-order valence-corrected chi connectivity index (χ2v) is 11.8. The molecule has 0 radical (unpaired) electrons. The van der Waals surface area contributed by atoms with Crippen LogP contribution in [0.5, 0.6) is 5.75 Å². The van der Waals surface area contributed by atoms with Gasteiger partial charge in [0, 0.05) is 34.7 Å². The Morgan fingerprint density at radius 1 is 1.02 bits per heavy atom. The molecule has 1 aromatic heterocycles. The molecule has 1 saturated heterocycles. The van der Waals surface area contributed by atoms with Crippen LogP contribution in [0.3, 0.4) is 0 Å². The van der Waals surface area contributed by atoms with Crippen LogP contribution >= 0.6 is 23.2 Å². The Bertz CT molecular complexity index is 1750. The van der Waals surface area contributed by atoms with Crippen molar-refractivity contribution in [3.63, 3.8) is 0 Å². The first-order chi connectivity index (χ1) is 20.2. The number of Topliss-reactive ketones (excluding diaryl/α,β-unsaturated/α-hetero) is 1. The maximum atomic E-state index is 14.0. The molecule has 13 heteroatoms. The number of hydrazine groups is 1. The first kappa shape index (κ1) is 29.1. The largest absolute Gasteiger partial charge is 0.508 e. The summed E-state index contributed by atoms with van der Waals surface area (Å²) in [7, 11) is 1.23. The minimum absolute atomic E-state index is 0.00340. The lowest BCUT2D eigenvalue weighted by Crippen LogP contribution is -2.46. The zero-order valence-corrected chi connectivity index (χ0v) is 24.1. The summed E-state index contributed by atoms with van der Waals surface area (Å²) >= 11 is 12.7. The molecule has 6 rings (SSSR count). The summed E-state index contributed by atoms with van der Waals surface area (Å²) in [5, 5.41) is 11.6. The maximum absolute atomic E-state index is 14.0.